The topological polar surface area (TPSA) is 46.6 Å². The molecule has 1 aromatic rings. The van der Waals surface area contributed by atoms with Gasteiger partial charge in [-0.3, -0.25) is 14.5 Å². The molecule has 0 bridgehead atoms. The second-order valence-corrected chi connectivity index (χ2v) is 5.85. The number of methoxy groups -OCH3 is 1. The molecule has 114 valence electrons. The number of imide groups is 1. The molecule has 0 saturated carbocycles. The molecule has 0 aromatic heterocycles. The van der Waals surface area contributed by atoms with E-state index in [0.717, 1.165) is 12.2 Å². The quantitative estimate of drug-likeness (QED) is 0.756. The first-order chi connectivity index (χ1) is 10.0. The van der Waals surface area contributed by atoms with E-state index >= 15 is 0 Å². The van der Waals surface area contributed by atoms with Gasteiger partial charge in [0.1, 0.15) is 5.75 Å². The van der Waals surface area contributed by atoms with Gasteiger partial charge in [0.05, 0.1) is 7.11 Å². The third-order valence-corrected chi connectivity index (χ3v) is 4.17. The van der Waals surface area contributed by atoms with Gasteiger partial charge >= 0.3 is 0 Å². The van der Waals surface area contributed by atoms with E-state index < -0.39 is 0 Å². The average molecular weight is 289 g/mol. The van der Waals surface area contributed by atoms with Crippen LogP contribution in [-0.4, -0.2) is 30.4 Å². The fourth-order valence-electron chi connectivity index (χ4n) is 2.88. The van der Waals surface area contributed by atoms with Gasteiger partial charge in [0.15, 0.2) is 0 Å². The van der Waals surface area contributed by atoms with Gasteiger partial charge in [-0.2, -0.15) is 0 Å². The molecule has 4 heteroatoms. The van der Waals surface area contributed by atoms with E-state index in [4.69, 9.17) is 4.74 Å². The van der Waals surface area contributed by atoms with E-state index in [9.17, 15) is 9.59 Å². The average Bonchev–Trinajstić information content (AvgIpc) is 2.79. The van der Waals surface area contributed by atoms with Crippen molar-refractivity contribution in [3.05, 3.63) is 29.8 Å². The Bertz CT molecular complexity index is 491. The van der Waals surface area contributed by atoms with E-state index in [1.807, 2.05) is 12.1 Å². The Kier molecular flexibility index (Phi) is 4.99. The van der Waals surface area contributed by atoms with Crippen LogP contribution in [-0.2, 0) is 9.59 Å². The highest BCUT2D eigenvalue weighted by atomic mass is 16.5. The summed E-state index contributed by atoms with van der Waals surface area (Å²) in [4.78, 5) is 24.8. The van der Waals surface area contributed by atoms with Crippen LogP contribution in [0.1, 0.15) is 44.6 Å². The summed E-state index contributed by atoms with van der Waals surface area (Å²) in [5.74, 6) is 1.56. The molecule has 0 unspecified atom stereocenters. The van der Waals surface area contributed by atoms with Crippen molar-refractivity contribution >= 4 is 11.8 Å². The number of likely N-dealkylation sites (tertiary alicyclic amines) is 1. The predicted molar refractivity (Wildman–Crippen MR) is 81.1 cm³/mol. The summed E-state index contributed by atoms with van der Waals surface area (Å²) in [5.41, 5.74) is 1.23. The van der Waals surface area contributed by atoms with Crippen LogP contribution in [0.25, 0.3) is 0 Å². The molecule has 2 amide bonds. The number of rotatable bonds is 6. The van der Waals surface area contributed by atoms with Crippen LogP contribution in [0.5, 0.6) is 5.75 Å². The lowest BCUT2D eigenvalue weighted by Crippen LogP contribution is -2.31. The smallest absolute Gasteiger partial charge is 0.229 e. The third kappa shape index (κ3) is 3.63. The van der Waals surface area contributed by atoms with Crippen molar-refractivity contribution in [2.45, 2.75) is 39.0 Å². The Morgan fingerprint density at radius 2 is 1.67 bits per heavy atom. The normalized spacial score (nSPS) is 16.7. The maximum Gasteiger partial charge on any atom is 0.229 e. The molecule has 1 saturated heterocycles. The summed E-state index contributed by atoms with van der Waals surface area (Å²) < 4.78 is 5.18. The molecule has 2 rings (SSSR count). The zero-order valence-corrected chi connectivity index (χ0v) is 13.0. The highest BCUT2D eigenvalue weighted by Gasteiger charge is 2.29. The third-order valence-electron chi connectivity index (χ3n) is 4.17. The van der Waals surface area contributed by atoms with E-state index in [1.54, 1.807) is 7.11 Å². The summed E-state index contributed by atoms with van der Waals surface area (Å²) >= 11 is 0. The Labute approximate surface area is 126 Å². The van der Waals surface area contributed by atoms with Crippen LogP contribution < -0.4 is 4.74 Å². The first-order valence-electron chi connectivity index (χ1n) is 7.50. The van der Waals surface area contributed by atoms with Gasteiger partial charge in [-0.05, 0) is 36.0 Å². The highest BCUT2D eigenvalue weighted by molar-refractivity contribution is 6.01. The Hall–Kier alpha value is -1.84. The van der Waals surface area contributed by atoms with E-state index in [0.29, 0.717) is 31.2 Å². The summed E-state index contributed by atoms with van der Waals surface area (Å²) in [5, 5.41) is 0. The minimum Gasteiger partial charge on any atom is -0.497 e. The van der Waals surface area contributed by atoms with E-state index in [-0.39, 0.29) is 11.8 Å². The summed E-state index contributed by atoms with van der Waals surface area (Å²) in [6.45, 7) is 4.86. The fourth-order valence-corrected chi connectivity index (χ4v) is 2.88. The standard InChI is InChI=1S/C17H23NO3/c1-12(2)15(13-4-6-14(21-3)7-5-13)10-11-18-16(19)8-9-17(18)20/h4-7,12,15H,8-11H2,1-3H3/t15-/m1/s1. The van der Waals surface area contributed by atoms with Crippen LogP contribution in [0.3, 0.4) is 0 Å². The molecule has 21 heavy (non-hydrogen) atoms. The number of nitrogens with zero attached hydrogens (tertiary/aromatic N) is 1. The molecule has 4 nitrogen and oxygen atoms in total. The molecule has 0 N–H and O–H groups in total. The van der Waals surface area contributed by atoms with E-state index in [1.165, 1.54) is 10.5 Å². The van der Waals surface area contributed by atoms with Crippen molar-refractivity contribution in [1.82, 2.24) is 4.90 Å². The zero-order chi connectivity index (χ0) is 15.4. The fraction of sp³-hybridized carbons (Fsp3) is 0.529. The van der Waals surface area contributed by atoms with Crippen molar-refractivity contribution < 1.29 is 14.3 Å². The highest BCUT2D eigenvalue weighted by Crippen LogP contribution is 2.30. The van der Waals surface area contributed by atoms with Gasteiger partial charge in [0, 0.05) is 19.4 Å². The molecular formula is C17H23NO3. The number of amides is 2. The molecule has 1 heterocycles. The monoisotopic (exact) mass is 289 g/mol. The lowest BCUT2D eigenvalue weighted by atomic mass is 9.85. The van der Waals surface area contributed by atoms with Gasteiger partial charge in [-0.25, -0.2) is 0 Å². The molecule has 1 aliphatic heterocycles. The molecule has 1 atom stereocenters. The molecular weight excluding hydrogens is 266 g/mol. The van der Waals surface area contributed by atoms with Crippen molar-refractivity contribution in [3.8, 4) is 5.75 Å². The molecule has 1 fully saturated rings. The van der Waals surface area contributed by atoms with Crippen molar-refractivity contribution in [2.75, 3.05) is 13.7 Å². The van der Waals surface area contributed by atoms with Gasteiger partial charge in [-0.1, -0.05) is 26.0 Å². The predicted octanol–water partition coefficient (Wildman–Crippen LogP) is 2.97. The maximum atomic E-state index is 11.7. The molecule has 1 aromatic carbocycles. The van der Waals surface area contributed by atoms with Gasteiger partial charge in [0.25, 0.3) is 0 Å². The van der Waals surface area contributed by atoms with Crippen molar-refractivity contribution in [3.63, 3.8) is 0 Å². The maximum absolute atomic E-state index is 11.7. The zero-order valence-electron chi connectivity index (χ0n) is 13.0. The van der Waals surface area contributed by atoms with Gasteiger partial charge < -0.3 is 4.74 Å². The number of carbonyl (C=O) groups is 2. The molecule has 0 aliphatic carbocycles. The van der Waals surface area contributed by atoms with Crippen LogP contribution in [0.15, 0.2) is 24.3 Å². The minimum absolute atomic E-state index is 0.0303. The Morgan fingerprint density at radius 1 is 1.10 bits per heavy atom. The van der Waals surface area contributed by atoms with Crippen molar-refractivity contribution in [1.29, 1.82) is 0 Å². The van der Waals surface area contributed by atoms with Crippen LogP contribution in [0.4, 0.5) is 0 Å². The molecule has 1 aliphatic rings. The van der Waals surface area contributed by atoms with Gasteiger partial charge in [0.2, 0.25) is 11.8 Å². The van der Waals surface area contributed by atoms with Crippen LogP contribution >= 0.6 is 0 Å². The SMILES string of the molecule is COc1ccc([C@H](CCN2C(=O)CCC2=O)C(C)C)cc1. The van der Waals surface area contributed by atoms with E-state index in [2.05, 4.69) is 26.0 Å². The lowest BCUT2D eigenvalue weighted by Gasteiger charge is -2.24. The molecule has 0 radical (unpaired) electrons. The van der Waals surface area contributed by atoms with Crippen molar-refractivity contribution in [2.24, 2.45) is 5.92 Å². The second-order valence-electron chi connectivity index (χ2n) is 5.85. The Balaban J connectivity index is 2.05. The molecule has 0 spiro atoms. The minimum atomic E-state index is -0.0303. The number of ether oxygens (including phenoxy) is 1. The number of hydrogen-bond acceptors (Lipinski definition) is 3. The van der Waals surface area contributed by atoms with Crippen LogP contribution in [0.2, 0.25) is 0 Å². The first kappa shape index (κ1) is 15.5. The number of hydrogen-bond donors (Lipinski definition) is 0. The number of benzene rings is 1. The second kappa shape index (κ2) is 6.74. The van der Waals surface area contributed by atoms with Crippen LogP contribution in [0, 0.1) is 5.92 Å². The van der Waals surface area contributed by atoms with Gasteiger partial charge in [-0.15, -0.1) is 0 Å². The summed E-state index contributed by atoms with van der Waals surface area (Å²) in [6, 6.07) is 8.04. The largest absolute Gasteiger partial charge is 0.497 e. The number of carbonyl (C=O) groups excluding carboxylic acids is 2. The first-order valence-corrected chi connectivity index (χ1v) is 7.50. The lowest BCUT2D eigenvalue weighted by molar-refractivity contribution is -0.138. The summed E-state index contributed by atoms with van der Waals surface area (Å²) in [6.07, 6.45) is 1.54. The Morgan fingerprint density at radius 3 is 2.14 bits per heavy atom. The summed E-state index contributed by atoms with van der Waals surface area (Å²) in [7, 11) is 1.65.